The molecule has 1 aromatic carbocycles. The van der Waals surface area contributed by atoms with Crippen LogP contribution in [-0.2, 0) is 15.7 Å². The van der Waals surface area contributed by atoms with E-state index in [1.54, 1.807) is 0 Å². The average Bonchev–Trinajstić information content (AvgIpc) is 2.56. The van der Waals surface area contributed by atoms with Crippen LogP contribution in [0, 0.1) is 0 Å². The lowest BCUT2D eigenvalue weighted by atomic mass is 9.78. The predicted molar refractivity (Wildman–Crippen MR) is 84.2 cm³/mol. The Balaban J connectivity index is 2.15. The van der Waals surface area contributed by atoms with Crippen LogP contribution >= 0.6 is 11.8 Å². The highest BCUT2D eigenvalue weighted by molar-refractivity contribution is 7.98. The Kier molecular flexibility index (Phi) is 4.33. The van der Waals surface area contributed by atoms with Crippen molar-refractivity contribution in [3.63, 3.8) is 0 Å². The van der Waals surface area contributed by atoms with Crippen LogP contribution in [-0.4, -0.2) is 30.3 Å². The van der Waals surface area contributed by atoms with Crippen LogP contribution in [0.25, 0.3) is 0 Å². The fourth-order valence-electron chi connectivity index (χ4n) is 2.09. The first-order valence-electron chi connectivity index (χ1n) is 6.79. The van der Waals surface area contributed by atoms with Crippen molar-refractivity contribution in [2.24, 2.45) is 0 Å². The molecule has 0 spiro atoms. The van der Waals surface area contributed by atoms with E-state index in [2.05, 4.69) is 58.2 Å². The second-order valence-electron chi connectivity index (χ2n) is 6.08. The summed E-state index contributed by atoms with van der Waals surface area (Å²) in [6, 6.07) is 8.56. The molecule has 1 saturated heterocycles. The zero-order valence-corrected chi connectivity index (χ0v) is 13.3. The highest BCUT2D eigenvalue weighted by atomic mass is 32.2. The zero-order chi connectivity index (χ0) is 14.1. The molecular formula is C15H23BO2S. The van der Waals surface area contributed by atoms with E-state index < -0.39 is 0 Å². The Morgan fingerprint density at radius 1 is 1.11 bits per heavy atom. The lowest BCUT2D eigenvalue weighted by Crippen LogP contribution is -2.41. The van der Waals surface area contributed by atoms with Crippen LogP contribution < -0.4 is 5.46 Å². The van der Waals surface area contributed by atoms with E-state index in [1.165, 1.54) is 5.56 Å². The van der Waals surface area contributed by atoms with E-state index in [4.69, 9.17) is 9.31 Å². The summed E-state index contributed by atoms with van der Waals surface area (Å²) in [5.74, 6) is 1.15. The van der Waals surface area contributed by atoms with Crippen LogP contribution in [0.15, 0.2) is 24.3 Å². The number of thioether (sulfide) groups is 1. The van der Waals surface area contributed by atoms with E-state index in [-0.39, 0.29) is 18.3 Å². The van der Waals surface area contributed by atoms with Crippen molar-refractivity contribution in [2.75, 3.05) is 12.0 Å². The maximum absolute atomic E-state index is 6.08. The van der Waals surface area contributed by atoms with E-state index in [9.17, 15) is 0 Å². The predicted octanol–water partition coefficient (Wildman–Crippen LogP) is 2.89. The molecule has 4 heteroatoms. The molecule has 0 saturated carbocycles. The first-order chi connectivity index (χ1) is 8.86. The van der Waals surface area contributed by atoms with Crippen molar-refractivity contribution in [2.45, 2.75) is 45.3 Å². The molecule has 0 N–H and O–H groups in total. The summed E-state index contributed by atoms with van der Waals surface area (Å²) >= 11 is 1.87. The van der Waals surface area contributed by atoms with Gasteiger partial charge in [0.1, 0.15) is 0 Å². The number of benzene rings is 1. The van der Waals surface area contributed by atoms with Crippen molar-refractivity contribution in [1.82, 2.24) is 0 Å². The molecule has 1 fully saturated rings. The number of aryl methyl sites for hydroxylation is 1. The second-order valence-corrected chi connectivity index (χ2v) is 7.06. The monoisotopic (exact) mass is 278 g/mol. The molecule has 0 amide bonds. The number of hydrogen-bond acceptors (Lipinski definition) is 3. The van der Waals surface area contributed by atoms with Crippen LogP contribution in [0.2, 0.25) is 0 Å². The Hall–Kier alpha value is -0.445. The first-order valence-corrected chi connectivity index (χ1v) is 8.18. The normalized spacial score (nSPS) is 20.8. The van der Waals surface area contributed by atoms with Gasteiger partial charge >= 0.3 is 7.12 Å². The average molecular weight is 278 g/mol. The van der Waals surface area contributed by atoms with Gasteiger partial charge < -0.3 is 9.31 Å². The smallest absolute Gasteiger partial charge is 0.399 e. The first kappa shape index (κ1) is 15.0. The molecular weight excluding hydrogens is 255 g/mol. The van der Waals surface area contributed by atoms with Gasteiger partial charge in [0.2, 0.25) is 0 Å². The van der Waals surface area contributed by atoms with E-state index in [1.807, 2.05) is 11.8 Å². The molecule has 1 aromatic rings. The fourth-order valence-corrected chi connectivity index (χ4v) is 2.53. The molecule has 1 aliphatic heterocycles. The molecule has 0 aliphatic carbocycles. The molecule has 2 nitrogen and oxygen atoms in total. The lowest BCUT2D eigenvalue weighted by molar-refractivity contribution is 0.00578. The molecule has 0 aromatic heterocycles. The van der Waals surface area contributed by atoms with Gasteiger partial charge in [-0.3, -0.25) is 0 Å². The van der Waals surface area contributed by atoms with Crippen LogP contribution in [0.3, 0.4) is 0 Å². The fraction of sp³-hybridized carbons (Fsp3) is 0.600. The number of hydrogen-bond donors (Lipinski definition) is 0. The maximum Gasteiger partial charge on any atom is 0.494 e. The minimum atomic E-state index is -0.271. The van der Waals surface area contributed by atoms with Gasteiger partial charge in [-0.1, -0.05) is 24.3 Å². The molecule has 104 valence electrons. The van der Waals surface area contributed by atoms with Gasteiger partial charge in [-0.15, -0.1) is 0 Å². The van der Waals surface area contributed by atoms with Gasteiger partial charge in [0.25, 0.3) is 0 Å². The highest BCUT2D eigenvalue weighted by Crippen LogP contribution is 2.36. The second kappa shape index (κ2) is 5.51. The topological polar surface area (TPSA) is 18.5 Å². The van der Waals surface area contributed by atoms with Gasteiger partial charge in [-0.25, -0.2) is 0 Å². The van der Waals surface area contributed by atoms with Crippen molar-refractivity contribution in [1.29, 1.82) is 0 Å². The summed E-state index contributed by atoms with van der Waals surface area (Å²) in [5, 5.41) is 0. The third-order valence-electron chi connectivity index (χ3n) is 4.07. The van der Waals surface area contributed by atoms with Gasteiger partial charge in [0.05, 0.1) is 11.2 Å². The van der Waals surface area contributed by atoms with E-state index >= 15 is 0 Å². The van der Waals surface area contributed by atoms with Crippen molar-refractivity contribution in [3.8, 4) is 0 Å². The number of rotatable bonds is 4. The lowest BCUT2D eigenvalue weighted by Gasteiger charge is -2.32. The van der Waals surface area contributed by atoms with Crippen molar-refractivity contribution >= 4 is 24.3 Å². The van der Waals surface area contributed by atoms with Gasteiger partial charge in [-0.2, -0.15) is 11.8 Å². The molecule has 0 radical (unpaired) electrons. The minimum Gasteiger partial charge on any atom is -0.399 e. The SMILES string of the molecule is CSCCc1cccc(B2OC(C)(C)C(C)(C)O2)c1. The van der Waals surface area contributed by atoms with Crippen LogP contribution in [0.4, 0.5) is 0 Å². The summed E-state index contributed by atoms with van der Waals surface area (Å²) < 4.78 is 12.2. The third kappa shape index (κ3) is 3.18. The summed E-state index contributed by atoms with van der Waals surface area (Å²) in [4.78, 5) is 0. The molecule has 19 heavy (non-hydrogen) atoms. The van der Waals surface area contributed by atoms with Gasteiger partial charge in [0.15, 0.2) is 0 Å². The summed E-state index contributed by atoms with van der Waals surface area (Å²) in [6.45, 7) is 8.35. The Morgan fingerprint density at radius 2 is 1.74 bits per heavy atom. The largest absolute Gasteiger partial charge is 0.494 e. The standard InChI is InChI=1S/C15H23BO2S/c1-14(2)15(3,4)18-16(17-14)13-8-6-7-12(11-13)9-10-19-5/h6-8,11H,9-10H2,1-5H3. The van der Waals surface area contributed by atoms with Gasteiger partial charge in [-0.05, 0) is 57.2 Å². The summed E-state index contributed by atoms with van der Waals surface area (Å²) in [5.41, 5.74) is 1.93. The molecule has 1 heterocycles. The molecule has 0 bridgehead atoms. The maximum atomic E-state index is 6.08. The highest BCUT2D eigenvalue weighted by Gasteiger charge is 2.51. The Bertz CT molecular complexity index is 430. The van der Waals surface area contributed by atoms with Crippen molar-refractivity contribution < 1.29 is 9.31 Å². The summed E-state index contributed by atoms with van der Waals surface area (Å²) in [6.07, 6.45) is 3.23. The quantitative estimate of drug-likeness (QED) is 0.789. The minimum absolute atomic E-state index is 0.251. The molecule has 0 atom stereocenters. The van der Waals surface area contributed by atoms with E-state index in [0.717, 1.165) is 17.6 Å². The van der Waals surface area contributed by atoms with Gasteiger partial charge in [0, 0.05) is 0 Å². The summed E-state index contributed by atoms with van der Waals surface area (Å²) in [7, 11) is -0.251. The zero-order valence-electron chi connectivity index (χ0n) is 12.5. The molecule has 2 rings (SSSR count). The third-order valence-corrected chi connectivity index (χ3v) is 4.68. The molecule has 0 unspecified atom stereocenters. The van der Waals surface area contributed by atoms with E-state index in [0.29, 0.717) is 0 Å². The van der Waals surface area contributed by atoms with Crippen LogP contribution in [0.5, 0.6) is 0 Å². The van der Waals surface area contributed by atoms with Crippen molar-refractivity contribution in [3.05, 3.63) is 29.8 Å². The Labute approximate surface area is 121 Å². The van der Waals surface area contributed by atoms with Crippen LogP contribution in [0.1, 0.15) is 33.3 Å². The Morgan fingerprint density at radius 3 is 2.32 bits per heavy atom. The molecule has 1 aliphatic rings.